The summed E-state index contributed by atoms with van der Waals surface area (Å²) in [6, 6.07) is 11.0. The third-order valence-electron chi connectivity index (χ3n) is 7.98. The summed E-state index contributed by atoms with van der Waals surface area (Å²) in [5, 5.41) is 31.2. The van der Waals surface area contributed by atoms with Crippen molar-refractivity contribution in [3.8, 4) is 11.5 Å². The van der Waals surface area contributed by atoms with Gasteiger partial charge < -0.3 is 15.3 Å². The van der Waals surface area contributed by atoms with E-state index in [4.69, 9.17) is 0 Å². The highest BCUT2D eigenvalue weighted by Crippen LogP contribution is 2.59. The molecule has 0 unspecified atom stereocenters. The number of aromatic hydroxyl groups is 2. The Balaban J connectivity index is 1.61. The summed E-state index contributed by atoms with van der Waals surface area (Å²) in [6.45, 7) is 7.04. The molecule has 1 fully saturated rings. The number of aliphatic hydroxyl groups excluding tert-OH is 1. The van der Waals surface area contributed by atoms with Crippen molar-refractivity contribution in [2.75, 3.05) is 0 Å². The van der Waals surface area contributed by atoms with Crippen LogP contribution in [0.4, 0.5) is 0 Å². The van der Waals surface area contributed by atoms with E-state index in [1.807, 2.05) is 24.3 Å². The number of allylic oxidation sites excluding steroid dienone is 2. The lowest BCUT2D eigenvalue weighted by Crippen LogP contribution is -2.46. The van der Waals surface area contributed by atoms with Gasteiger partial charge in [-0.3, -0.25) is 0 Å². The van der Waals surface area contributed by atoms with Crippen LogP contribution in [0, 0.1) is 16.7 Å². The van der Waals surface area contributed by atoms with Crippen molar-refractivity contribution in [3.63, 3.8) is 0 Å². The second-order valence-corrected chi connectivity index (χ2v) is 11.0. The molecule has 2 aliphatic rings. The summed E-state index contributed by atoms with van der Waals surface area (Å²) >= 11 is 1.37. The van der Waals surface area contributed by atoms with E-state index in [0.717, 1.165) is 35.3 Å². The van der Waals surface area contributed by atoms with Crippen LogP contribution >= 0.6 is 11.8 Å². The molecule has 1 saturated carbocycles. The Morgan fingerprint density at radius 3 is 2.55 bits per heavy atom. The molecule has 0 amide bonds. The average molecular weight is 439 g/mol. The van der Waals surface area contributed by atoms with E-state index in [9.17, 15) is 15.3 Å². The summed E-state index contributed by atoms with van der Waals surface area (Å²) in [5.41, 5.74) is 3.51. The number of phenols is 2. The zero-order chi connectivity index (χ0) is 22.2. The van der Waals surface area contributed by atoms with E-state index in [1.54, 1.807) is 12.1 Å². The number of hydrogen-bond donors (Lipinski definition) is 3. The van der Waals surface area contributed by atoms with Crippen molar-refractivity contribution in [3.05, 3.63) is 59.2 Å². The van der Waals surface area contributed by atoms with Gasteiger partial charge in [-0.2, -0.15) is 0 Å². The van der Waals surface area contributed by atoms with Crippen LogP contribution in [-0.2, 0) is 13.0 Å². The fourth-order valence-electron chi connectivity index (χ4n) is 6.14. The third-order valence-corrected chi connectivity index (χ3v) is 9.14. The first kappa shape index (κ1) is 22.3. The summed E-state index contributed by atoms with van der Waals surface area (Å²) in [6.07, 6.45) is 9.13. The normalized spacial score (nSPS) is 28.1. The number of benzene rings is 2. The molecule has 0 heterocycles. The molecule has 2 aromatic rings. The van der Waals surface area contributed by atoms with Gasteiger partial charge in [-0.25, -0.2) is 0 Å². The van der Waals surface area contributed by atoms with Crippen LogP contribution < -0.4 is 0 Å². The number of aliphatic hydroxyl groups is 1. The van der Waals surface area contributed by atoms with Crippen LogP contribution in [0.1, 0.15) is 64.0 Å². The summed E-state index contributed by atoms with van der Waals surface area (Å²) < 4.78 is 0. The van der Waals surface area contributed by atoms with E-state index in [0.29, 0.717) is 10.8 Å². The van der Waals surface area contributed by atoms with Gasteiger partial charge in [0.15, 0.2) is 0 Å². The second kappa shape index (κ2) is 8.55. The van der Waals surface area contributed by atoms with Gasteiger partial charge in [-0.05, 0) is 85.1 Å². The van der Waals surface area contributed by atoms with Crippen LogP contribution in [0.15, 0.2) is 57.8 Å². The van der Waals surface area contributed by atoms with Crippen LogP contribution in [-0.4, -0.2) is 15.3 Å². The van der Waals surface area contributed by atoms with Gasteiger partial charge in [0, 0.05) is 4.90 Å². The molecular weight excluding hydrogens is 404 g/mol. The summed E-state index contributed by atoms with van der Waals surface area (Å²) in [5.74, 6) is 1.02. The highest BCUT2D eigenvalue weighted by atomic mass is 32.2. The van der Waals surface area contributed by atoms with Crippen molar-refractivity contribution < 1.29 is 15.3 Å². The van der Waals surface area contributed by atoms with Gasteiger partial charge in [0.05, 0.1) is 11.5 Å². The van der Waals surface area contributed by atoms with Crippen molar-refractivity contribution in [1.82, 2.24) is 0 Å². The molecule has 4 heteroatoms. The van der Waals surface area contributed by atoms with E-state index < -0.39 is 0 Å². The molecule has 4 rings (SSSR count). The third kappa shape index (κ3) is 4.12. The number of rotatable bonds is 5. The van der Waals surface area contributed by atoms with Crippen molar-refractivity contribution in [1.29, 1.82) is 0 Å². The molecule has 2 aromatic carbocycles. The lowest BCUT2D eigenvalue weighted by atomic mass is 9.49. The lowest BCUT2D eigenvalue weighted by molar-refractivity contribution is 0.00120. The van der Waals surface area contributed by atoms with Crippen LogP contribution in [0.5, 0.6) is 11.5 Å². The van der Waals surface area contributed by atoms with Crippen LogP contribution in [0.25, 0.3) is 0 Å². The van der Waals surface area contributed by atoms with Crippen molar-refractivity contribution in [2.45, 2.75) is 75.7 Å². The Hall–Kier alpha value is -1.91. The van der Waals surface area contributed by atoms with E-state index in [-0.39, 0.29) is 28.9 Å². The minimum atomic E-state index is -0.0552. The van der Waals surface area contributed by atoms with E-state index >= 15 is 0 Å². The minimum Gasteiger partial charge on any atom is -0.508 e. The standard InChI is InChI=1S/C27H34O3S/c1-18-8-6-11-25-26(2,12-7-13-27(18,25)3)16-20-14-22(30)24(15-21(20)29)31-23-10-5-4-9-19(23)17-28/h4-5,8-10,14-15,25,28-30H,6-7,11-13,16-17H2,1-3H3/t25-,26-,27+/m0/s1. The monoisotopic (exact) mass is 438 g/mol. The molecule has 0 spiro atoms. The number of hydrogen-bond acceptors (Lipinski definition) is 4. The first-order valence-corrected chi connectivity index (χ1v) is 12.2. The molecule has 0 aliphatic heterocycles. The molecule has 0 radical (unpaired) electrons. The van der Waals surface area contributed by atoms with E-state index in [2.05, 4.69) is 26.8 Å². The first-order chi connectivity index (χ1) is 14.8. The highest BCUT2D eigenvalue weighted by molar-refractivity contribution is 7.99. The SMILES string of the molecule is CC1=CCC[C@H]2[C@](C)(Cc3cc(O)c(Sc4ccccc4CO)cc3O)CCC[C@]12C. The lowest BCUT2D eigenvalue weighted by Gasteiger charge is -2.55. The van der Waals surface area contributed by atoms with Gasteiger partial charge in [-0.15, -0.1) is 0 Å². The van der Waals surface area contributed by atoms with Crippen molar-refractivity contribution >= 4 is 11.8 Å². The predicted molar refractivity (Wildman–Crippen MR) is 127 cm³/mol. The highest BCUT2D eigenvalue weighted by Gasteiger charge is 2.50. The molecule has 166 valence electrons. The summed E-state index contributed by atoms with van der Waals surface area (Å²) in [4.78, 5) is 1.49. The molecular formula is C27H34O3S. The smallest absolute Gasteiger partial charge is 0.130 e. The van der Waals surface area contributed by atoms with Gasteiger partial charge in [-0.1, -0.05) is 61.9 Å². The molecule has 31 heavy (non-hydrogen) atoms. The fraction of sp³-hybridized carbons (Fsp3) is 0.481. The van der Waals surface area contributed by atoms with Gasteiger partial charge >= 0.3 is 0 Å². The average Bonchev–Trinajstić information content (AvgIpc) is 2.73. The summed E-state index contributed by atoms with van der Waals surface area (Å²) in [7, 11) is 0. The van der Waals surface area contributed by atoms with Gasteiger partial charge in [0.1, 0.15) is 11.5 Å². The first-order valence-electron chi connectivity index (χ1n) is 11.4. The van der Waals surface area contributed by atoms with Crippen LogP contribution in [0.3, 0.4) is 0 Å². The molecule has 3 N–H and O–H groups in total. The minimum absolute atomic E-state index is 0.0552. The molecule has 0 bridgehead atoms. The zero-order valence-corrected chi connectivity index (χ0v) is 19.6. The van der Waals surface area contributed by atoms with Crippen molar-refractivity contribution in [2.24, 2.45) is 16.7 Å². The Bertz CT molecular complexity index is 998. The quantitative estimate of drug-likeness (QED) is 0.353. The van der Waals surface area contributed by atoms with Gasteiger partial charge in [0.25, 0.3) is 0 Å². The number of phenolic OH excluding ortho intramolecular Hbond substituents is 2. The fourth-order valence-corrected chi connectivity index (χ4v) is 7.12. The Labute approximate surface area is 190 Å². The molecule has 3 atom stereocenters. The zero-order valence-electron chi connectivity index (χ0n) is 18.8. The second-order valence-electron chi connectivity index (χ2n) is 9.94. The predicted octanol–water partition coefficient (Wildman–Crippen LogP) is 6.84. The maximum atomic E-state index is 10.9. The molecule has 0 aromatic heterocycles. The maximum absolute atomic E-state index is 10.9. The van der Waals surface area contributed by atoms with Gasteiger partial charge in [0.2, 0.25) is 0 Å². The Morgan fingerprint density at radius 1 is 1.00 bits per heavy atom. The molecule has 0 saturated heterocycles. The Morgan fingerprint density at radius 2 is 1.77 bits per heavy atom. The largest absolute Gasteiger partial charge is 0.508 e. The maximum Gasteiger partial charge on any atom is 0.130 e. The molecule has 3 nitrogen and oxygen atoms in total. The molecule has 2 aliphatic carbocycles. The number of fused-ring (bicyclic) bond motifs is 1. The van der Waals surface area contributed by atoms with E-state index in [1.165, 1.54) is 36.6 Å². The Kier molecular flexibility index (Phi) is 6.15. The van der Waals surface area contributed by atoms with Crippen LogP contribution in [0.2, 0.25) is 0 Å². The topological polar surface area (TPSA) is 60.7 Å².